The number of ether oxygens (including phenoxy) is 2. The van der Waals surface area contributed by atoms with Crippen LogP contribution in [0.25, 0.3) is 0 Å². The highest BCUT2D eigenvalue weighted by Gasteiger charge is 2.24. The van der Waals surface area contributed by atoms with E-state index in [2.05, 4.69) is 10.6 Å². The number of carbonyl (C=O) groups excluding carboxylic acids is 3. The summed E-state index contributed by atoms with van der Waals surface area (Å²) in [5.41, 5.74) is 0. The summed E-state index contributed by atoms with van der Waals surface area (Å²) in [5.74, 6) is -1.34. The molecule has 0 radical (unpaired) electrons. The molecule has 0 aliphatic rings. The molecule has 0 aromatic carbocycles. The molecule has 0 aliphatic heterocycles. The van der Waals surface area contributed by atoms with Gasteiger partial charge in [0.05, 0.1) is 23.1 Å². The van der Waals surface area contributed by atoms with Crippen molar-refractivity contribution in [1.82, 2.24) is 5.32 Å². The number of hydrogen-bond acceptors (Lipinski definition) is 7. The van der Waals surface area contributed by atoms with Crippen LogP contribution in [-0.4, -0.2) is 43.6 Å². The van der Waals surface area contributed by atoms with E-state index in [1.54, 1.807) is 26.0 Å². The average molecular weight is 356 g/mol. The minimum absolute atomic E-state index is 0.0324. The van der Waals surface area contributed by atoms with Crippen LogP contribution in [0.1, 0.15) is 43.3 Å². The smallest absolute Gasteiger partial charge is 0.328 e. The van der Waals surface area contributed by atoms with Gasteiger partial charge in [0.25, 0.3) is 5.91 Å². The number of nitrogens with one attached hydrogen (secondary N) is 2. The first-order valence-electron chi connectivity index (χ1n) is 7.98. The van der Waals surface area contributed by atoms with Gasteiger partial charge in [0.1, 0.15) is 6.04 Å². The van der Waals surface area contributed by atoms with Gasteiger partial charge in [0.15, 0.2) is 0 Å². The van der Waals surface area contributed by atoms with Gasteiger partial charge >= 0.3 is 11.9 Å². The molecule has 0 saturated heterocycles. The van der Waals surface area contributed by atoms with Crippen molar-refractivity contribution in [2.75, 3.05) is 25.1 Å². The zero-order valence-electron chi connectivity index (χ0n) is 14.2. The van der Waals surface area contributed by atoms with Gasteiger partial charge in [-0.05, 0) is 39.3 Å². The van der Waals surface area contributed by atoms with Gasteiger partial charge in [0.2, 0.25) is 0 Å². The molecule has 0 unspecified atom stereocenters. The number of anilines is 1. The molecule has 0 saturated carbocycles. The quantitative estimate of drug-likeness (QED) is 0.624. The fourth-order valence-corrected chi connectivity index (χ4v) is 2.82. The summed E-state index contributed by atoms with van der Waals surface area (Å²) in [6.45, 7) is 6.59. The summed E-state index contributed by atoms with van der Waals surface area (Å²) in [4.78, 5) is 36.2. The standard InChI is InChI=1S/C16H24N2O5S/c1-4-17-13-9-8-12(24-13)15(20)18-11(16(21)23-6-3)7-10-14(19)22-5-2/h8-9,11,17H,4-7,10H2,1-3H3,(H,18,20)/t11-/m0/s1. The Morgan fingerprint density at radius 3 is 2.46 bits per heavy atom. The second-order valence-corrected chi connectivity index (χ2v) is 5.90. The minimum Gasteiger partial charge on any atom is -0.466 e. The maximum absolute atomic E-state index is 12.3. The van der Waals surface area contributed by atoms with E-state index in [4.69, 9.17) is 9.47 Å². The largest absolute Gasteiger partial charge is 0.466 e. The molecule has 0 spiro atoms. The lowest BCUT2D eigenvalue weighted by Crippen LogP contribution is -2.42. The molecule has 7 nitrogen and oxygen atoms in total. The minimum atomic E-state index is -0.883. The number of rotatable bonds is 10. The van der Waals surface area contributed by atoms with Gasteiger partial charge in [-0.2, -0.15) is 0 Å². The van der Waals surface area contributed by atoms with E-state index in [-0.39, 0.29) is 32.0 Å². The second kappa shape index (κ2) is 10.6. The van der Waals surface area contributed by atoms with Crippen molar-refractivity contribution in [2.45, 2.75) is 39.7 Å². The van der Waals surface area contributed by atoms with Crippen LogP contribution in [0, 0.1) is 0 Å². The molecule has 1 amide bonds. The molecule has 1 rings (SSSR count). The van der Waals surface area contributed by atoms with Gasteiger partial charge in [-0.15, -0.1) is 11.3 Å². The summed E-state index contributed by atoms with van der Waals surface area (Å²) in [7, 11) is 0. The Balaban J connectivity index is 2.69. The fraction of sp³-hybridized carbons (Fsp3) is 0.562. The van der Waals surface area contributed by atoms with Crippen LogP contribution in [0.4, 0.5) is 5.00 Å². The summed E-state index contributed by atoms with van der Waals surface area (Å²) in [5, 5.41) is 6.63. The Hall–Kier alpha value is -2.09. The molecule has 0 bridgehead atoms. The van der Waals surface area contributed by atoms with E-state index in [1.807, 2.05) is 6.92 Å². The number of carbonyl (C=O) groups is 3. The Labute approximate surface area is 145 Å². The maximum Gasteiger partial charge on any atom is 0.328 e. The summed E-state index contributed by atoms with van der Waals surface area (Å²) >= 11 is 1.30. The molecule has 8 heteroatoms. The maximum atomic E-state index is 12.3. The van der Waals surface area contributed by atoms with E-state index >= 15 is 0 Å². The highest BCUT2D eigenvalue weighted by Crippen LogP contribution is 2.21. The van der Waals surface area contributed by atoms with Crippen molar-refractivity contribution in [2.24, 2.45) is 0 Å². The topological polar surface area (TPSA) is 93.7 Å². The van der Waals surface area contributed by atoms with Crippen LogP contribution < -0.4 is 10.6 Å². The van der Waals surface area contributed by atoms with E-state index < -0.39 is 18.0 Å². The molecular formula is C16H24N2O5S. The molecule has 1 aromatic rings. The van der Waals surface area contributed by atoms with Crippen molar-refractivity contribution >= 4 is 34.2 Å². The monoisotopic (exact) mass is 356 g/mol. The van der Waals surface area contributed by atoms with Crippen LogP contribution in [0.5, 0.6) is 0 Å². The lowest BCUT2D eigenvalue weighted by molar-refractivity contribution is -0.146. The lowest BCUT2D eigenvalue weighted by atomic mass is 10.1. The van der Waals surface area contributed by atoms with Crippen molar-refractivity contribution in [3.63, 3.8) is 0 Å². The van der Waals surface area contributed by atoms with Gasteiger partial charge in [-0.25, -0.2) is 4.79 Å². The number of esters is 2. The first kappa shape index (κ1) is 20.0. The predicted molar refractivity (Wildman–Crippen MR) is 92.2 cm³/mol. The van der Waals surface area contributed by atoms with Gasteiger partial charge in [0, 0.05) is 13.0 Å². The fourth-order valence-electron chi connectivity index (χ4n) is 1.95. The third-order valence-electron chi connectivity index (χ3n) is 3.00. The molecule has 0 fully saturated rings. The van der Waals surface area contributed by atoms with E-state index in [0.717, 1.165) is 11.5 Å². The second-order valence-electron chi connectivity index (χ2n) is 4.82. The van der Waals surface area contributed by atoms with E-state index in [9.17, 15) is 14.4 Å². The molecule has 0 aliphatic carbocycles. The van der Waals surface area contributed by atoms with Crippen molar-refractivity contribution < 1.29 is 23.9 Å². The Morgan fingerprint density at radius 2 is 1.83 bits per heavy atom. The normalized spacial score (nSPS) is 11.5. The number of amides is 1. The van der Waals surface area contributed by atoms with Crippen LogP contribution >= 0.6 is 11.3 Å². The van der Waals surface area contributed by atoms with Crippen LogP contribution in [0.15, 0.2) is 12.1 Å². The summed E-state index contributed by atoms with van der Waals surface area (Å²) in [6, 6.07) is 2.61. The van der Waals surface area contributed by atoms with Crippen LogP contribution in [0.3, 0.4) is 0 Å². The SMILES string of the molecule is CCNc1ccc(C(=O)N[C@@H](CCC(=O)OCC)C(=O)OCC)s1. The Bertz CT molecular complexity index is 558. The number of hydrogen-bond donors (Lipinski definition) is 2. The third kappa shape index (κ3) is 6.57. The van der Waals surface area contributed by atoms with Crippen LogP contribution in [0.2, 0.25) is 0 Å². The molecule has 134 valence electrons. The van der Waals surface area contributed by atoms with Gasteiger partial charge in [-0.1, -0.05) is 0 Å². The van der Waals surface area contributed by atoms with E-state index in [1.165, 1.54) is 11.3 Å². The van der Waals surface area contributed by atoms with E-state index in [0.29, 0.717) is 4.88 Å². The zero-order chi connectivity index (χ0) is 17.9. The average Bonchev–Trinajstić information content (AvgIpc) is 3.01. The summed E-state index contributed by atoms with van der Waals surface area (Å²) in [6.07, 6.45) is 0.166. The molecule has 1 heterocycles. The summed E-state index contributed by atoms with van der Waals surface area (Å²) < 4.78 is 9.80. The first-order valence-corrected chi connectivity index (χ1v) is 8.80. The molecule has 1 aromatic heterocycles. The van der Waals surface area contributed by atoms with Gasteiger partial charge in [-0.3, -0.25) is 9.59 Å². The molecular weight excluding hydrogens is 332 g/mol. The zero-order valence-corrected chi connectivity index (χ0v) is 15.0. The molecule has 24 heavy (non-hydrogen) atoms. The van der Waals surface area contributed by atoms with Crippen molar-refractivity contribution in [1.29, 1.82) is 0 Å². The van der Waals surface area contributed by atoms with Crippen molar-refractivity contribution in [3.8, 4) is 0 Å². The lowest BCUT2D eigenvalue weighted by Gasteiger charge is -2.16. The highest BCUT2D eigenvalue weighted by atomic mass is 32.1. The van der Waals surface area contributed by atoms with Gasteiger partial charge < -0.3 is 20.1 Å². The molecule has 1 atom stereocenters. The molecule has 2 N–H and O–H groups in total. The number of thiophene rings is 1. The predicted octanol–water partition coefficient (Wildman–Crippen LogP) is 2.18. The Kier molecular flexibility index (Phi) is 8.85. The van der Waals surface area contributed by atoms with Crippen LogP contribution in [-0.2, 0) is 19.1 Å². The van der Waals surface area contributed by atoms with Crippen molar-refractivity contribution in [3.05, 3.63) is 17.0 Å². The highest BCUT2D eigenvalue weighted by molar-refractivity contribution is 7.17. The third-order valence-corrected chi connectivity index (χ3v) is 4.04. The Morgan fingerprint density at radius 1 is 1.12 bits per heavy atom. The first-order chi connectivity index (χ1) is 11.5.